The van der Waals surface area contributed by atoms with Gasteiger partial charge in [0.15, 0.2) is 0 Å². The van der Waals surface area contributed by atoms with Gasteiger partial charge >= 0.3 is 0 Å². The summed E-state index contributed by atoms with van der Waals surface area (Å²) >= 11 is 0. The van der Waals surface area contributed by atoms with Crippen LogP contribution < -0.4 is 67.9 Å². The lowest BCUT2D eigenvalue weighted by atomic mass is 9.93. The summed E-state index contributed by atoms with van der Waals surface area (Å²) in [6, 6.07) is 0. The van der Waals surface area contributed by atoms with E-state index in [1.807, 2.05) is 0 Å². The van der Waals surface area contributed by atoms with Crippen LogP contribution in [0, 0.1) is 21.7 Å². The highest BCUT2D eigenvalue weighted by Crippen LogP contribution is 2.13. The summed E-state index contributed by atoms with van der Waals surface area (Å²) in [5, 5.41) is 136. The summed E-state index contributed by atoms with van der Waals surface area (Å²) < 4.78 is 0. The van der Waals surface area contributed by atoms with Crippen LogP contribution in [0.2, 0.25) is 0 Å². The summed E-state index contributed by atoms with van der Waals surface area (Å²) in [7, 11) is 0. The summed E-state index contributed by atoms with van der Waals surface area (Å²) in [6.45, 7) is -6.50. The quantitative estimate of drug-likeness (QED) is 0.0685. The predicted octanol–water partition coefficient (Wildman–Crippen LogP) is -20.2. The molecule has 0 aliphatic heterocycles. The molecule has 0 atom stereocenters. The molecular weight excluding hydrogens is 816 g/mol. The second kappa shape index (κ2) is 36.5. The molecule has 16 N–H and O–H groups in total. The molecule has 0 spiro atoms. The first-order valence-electron chi connectivity index (χ1n) is 10.7. The second-order valence-corrected chi connectivity index (χ2v) is 8.53. The maximum absolute atomic E-state index is 8.50. The van der Waals surface area contributed by atoms with E-state index in [2.05, 4.69) is 0 Å². The van der Waals surface area contributed by atoms with Gasteiger partial charge in [0.1, 0.15) is 0 Å². The first-order valence-corrected chi connectivity index (χ1v) is 10.7. The van der Waals surface area contributed by atoms with E-state index in [1.165, 1.54) is 0 Å². The van der Waals surface area contributed by atoms with Gasteiger partial charge in [-0.2, -0.15) is 0 Å². The Hall–Kier alpha value is 1.28. The van der Waals surface area contributed by atoms with Gasteiger partial charge in [0.05, 0.1) is 127 Å². The Labute approximate surface area is 275 Å². The van der Waals surface area contributed by atoms with Gasteiger partial charge in [0.2, 0.25) is 0 Å². The summed E-state index contributed by atoms with van der Waals surface area (Å²) in [6.07, 6.45) is 0. The highest BCUT2D eigenvalue weighted by molar-refractivity contribution is 4.76. The molecule has 0 saturated carbocycles. The maximum atomic E-state index is 8.50. The monoisotopic (exact) mass is 860 g/mol. The fraction of sp³-hybridized carbons (Fsp3) is 1.00. The standard InChI is InChI=1S/4C5H12O4.4BrH/c4*6-1-5(2-7,3-8)4-9;;;;/h4*6-9H,1-4H2;4*1H/p-4. The van der Waals surface area contributed by atoms with E-state index in [-0.39, 0.29) is 67.9 Å². The average molecular weight is 864 g/mol. The van der Waals surface area contributed by atoms with Gasteiger partial charge in [-0.3, -0.25) is 0 Å². The van der Waals surface area contributed by atoms with Crippen molar-refractivity contribution in [2.24, 2.45) is 21.7 Å². The van der Waals surface area contributed by atoms with Gasteiger partial charge in [0, 0.05) is 0 Å². The van der Waals surface area contributed by atoms with Crippen molar-refractivity contribution in [3.05, 3.63) is 0 Å². The predicted molar refractivity (Wildman–Crippen MR) is 123 cm³/mol. The molecule has 0 saturated heterocycles. The number of rotatable bonds is 16. The minimum Gasteiger partial charge on any atom is -1.00 e. The molecule has 0 aliphatic rings. The SMILES string of the molecule is OCC(CO)(CO)CO.OCC(CO)(CO)CO.OCC(CO)(CO)CO.OCC(CO)(CO)CO.[Br-].[Br-].[Br-].[Br-]. The highest BCUT2D eigenvalue weighted by Gasteiger charge is 2.28. The van der Waals surface area contributed by atoms with Crippen molar-refractivity contribution < 1.29 is 150 Å². The molecule has 0 rings (SSSR count). The Balaban J connectivity index is -0.0000000551. The van der Waals surface area contributed by atoms with Crippen molar-refractivity contribution in [2.45, 2.75) is 0 Å². The first-order chi connectivity index (χ1) is 17.0. The largest absolute Gasteiger partial charge is 1.00 e. The number of hydrogen-bond donors (Lipinski definition) is 16. The van der Waals surface area contributed by atoms with E-state index < -0.39 is 127 Å². The van der Waals surface area contributed by atoms with Crippen molar-refractivity contribution in [3.8, 4) is 0 Å². The van der Waals surface area contributed by atoms with Gasteiger partial charge in [-0.25, -0.2) is 0 Å². The number of hydrogen-bond acceptors (Lipinski definition) is 16. The molecule has 0 unspecified atom stereocenters. The zero-order chi connectivity index (χ0) is 29.3. The topological polar surface area (TPSA) is 324 Å². The van der Waals surface area contributed by atoms with E-state index in [4.69, 9.17) is 81.7 Å². The third-order valence-corrected chi connectivity index (χ3v) is 5.37. The molecule has 0 aromatic heterocycles. The molecule has 0 aromatic rings. The molecule has 256 valence electrons. The van der Waals surface area contributed by atoms with E-state index in [9.17, 15) is 0 Å². The van der Waals surface area contributed by atoms with Crippen molar-refractivity contribution >= 4 is 0 Å². The lowest BCUT2D eigenvalue weighted by Crippen LogP contribution is -3.00. The van der Waals surface area contributed by atoms with E-state index in [0.717, 1.165) is 0 Å². The molecule has 0 bridgehead atoms. The summed E-state index contributed by atoms with van der Waals surface area (Å²) in [5.41, 5.74) is -4.44. The minimum absolute atomic E-state index is 0. The van der Waals surface area contributed by atoms with Crippen LogP contribution in [0.15, 0.2) is 0 Å². The van der Waals surface area contributed by atoms with Gasteiger partial charge in [-0.1, -0.05) is 0 Å². The Morgan fingerprint density at radius 1 is 0.175 bits per heavy atom. The van der Waals surface area contributed by atoms with Crippen LogP contribution in [0.1, 0.15) is 0 Å². The Bertz CT molecular complexity index is 306. The van der Waals surface area contributed by atoms with Gasteiger partial charge in [0.25, 0.3) is 0 Å². The molecule has 0 heterocycles. The van der Waals surface area contributed by atoms with Crippen LogP contribution in [-0.4, -0.2) is 187 Å². The second-order valence-electron chi connectivity index (χ2n) is 8.53. The van der Waals surface area contributed by atoms with Crippen LogP contribution in [0.5, 0.6) is 0 Å². The molecule has 40 heavy (non-hydrogen) atoms. The van der Waals surface area contributed by atoms with E-state index in [1.54, 1.807) is 0 Å². The number of aliphatic hydroxyl groups excluding tert-OH is 16. The zero-order valence-corrected chi connectivity index (χ0v) is 28.3. The lowest BCUT2D eigenvalue weighted by Gasteiger charge is -2.23. The van der Waals surface area contributed by atoms with Crippen LogP contribution >= 0.6 is 0 Å². The molecule has 0 fully saturated rings. The van der Waals surface area contributed by atoms with E-state index in [0.29, 0.717) is 0 Å². The maximum Gasteiger partial charge on any atom is 0.0627 e. The molecule has 0 aromatic carbocycles. The fourth-order valence-electron chi connectivity index (χ4n) is 1.20. The molecule has 0 amide bonds. The average Bonchev–Trinajstić information content (AvgIpc) is 2.96. The molecule has 20 heteroatoms. The van der Waals surface area contributed by atoms with Gasteiger partial charge < -0.3 is 150 Å². The fourth-order valence-corrected chi connectivity index (χ4v) is 1.20. The third-order valence-electron chi connectivity index (χ3n) is 5.37. The van der Waals surface area contributed by atoms with Crippen molar-refractivity contribution in [2.75, 3.05) is 106 Å². The van der Waals surface area contributed by atoms with Crippen molar-refractivity contribution in [1.29, 1.82) is 0 Å². The van der Waals surface area contributed by atoms with E-state index >= 15 is 0 Å². The normalized spacial score (nSPS) is 10.8. The minimum atomic E-state index is -1.11. The van der Waals surface area contributed by atoms with Crippen LogP contribution in [0.3, 0.4) is 0 Å². The number of halogens is 4. The highest BCUT2D eigenvalue weighted by atomic mass is 79.9. The van der Waals surface area contributed by atoms with Crippen LogP contribution in [-0.2, 0) is 0 Å². The summed E-state index contributed by atoms with van der Waals surface area (Å²) in [4.78, 5) is 0. The Morgan fingerprint density at radius 2 is 0.225 bits per heavy atom. The Kier molecular flexibility index (Phi) is 55.1. The Morgan fingerprint density at radius 3 is 0.225 bits per heavy atom. The van der Waals surface area contributed by atoms with Gasteiger partial charge in [-0.15, -0.1) is 0 Å². The first kappa shape index (κ1) is 60.5. The molecule has 16 nitrogen and oxygen atoms in total. The van der Waals surface area contributed by atoms with Crippen LogP contribution in [0.4, 0.5) is 0 Å². The molecule has 0 radical (unpaired) electrons. The summed E-state index contributed by atoms with van der Waals surface area (Å²) in [5.74, 6) is 0. The van der Waals surface area contributed by atoms with Crippen molar-refractivity contribution in [1.82, 2.24) is 0 Å². The van der Waals surface area contributed by atoms with Gasteiger partial charge in [-0.05, 0) is 0 Å². The lowest BCUT2D eigenvalue weighted by molar-refractivity contribution is -0.0332. The zero-order valence-electron chi connectivity index (χ0n) is 22.0. The molecule has 0 aliphatic carbocycles. The number of aliphatic hydroxyl groups is 16. The smallest absolute Gasteiger partial charge is 0.0627 e. The van der Waals surface area contributed by atoms with Crippen molar-refractivity contribution in [3.63, 3.8) is 0 Å². The molecular formula is C20H48Br4O16-4. The third kappa shape index (κ3) is 23.7. The van der Waals surface area contributed by atoms with Crippen LogP contribution in [0.25, 0.3) is 0 Å².